The second-order valence-corrected chi connectivity index (χ2v) is 8.29. The fraction of sp³-hybridized carbons (Fsp3) is 0.458. The van der Waals surface area contributed by atoms with Gasteiger partial charge in [-0.05, 0) is 62.0 Å². The van der Waals surface area contributed by atoms with Crippen molar-refractivity contribution in [1.82, 2.24) is 10.2 Å². The highest BCUT2D eigenvalue weighted by Gasteiger charge is 2.26. The third-order valence-corrected chi connectivity index (χ3v) is 6.14. The zero-order valence-corrected chi connectivity index (χ0v) is 17.1. The molecular formula is C24H31N3O. The summed E-state index contributed by atoms with van der Waals surface area (Å²) in [7, 11) is 2.16. The van der Waals surface area contributed by atoms with Crippen LogP contribution >= 0.6 is 0 Å². The Kier molecular flexibility index (Phi) is 5.67. The lowest BCUT2D eigenvalue weighted by Gasteiger charge is -2.29. The largest absolute Gasteiger partial charge is 0.374 e. The first-order valence-corrected chi connectivity index (χ1v) is 10.5. The minimum atomic E-state index is 0.107. The number of amides is 1. The van der Waals surface area contributed by atoms with Crippen molar-refractivity contribution in [2.45, 2.75) is 38.6 Å². The number of anilines is 1. The van der Waals surface area contributed by atoms with Crippen molar-refractivity contribution in [3.63, 3.8) is 0 Å². The molecule has 1 atom stereocenters. The third-order valence-electron chi connectivity index (χ3n) is 6.14. The van der Waals surface area contributed by atoms with Crippen molar-refractivity contribution in [2.24, 2.45) is 0 Å². The molecule has 28 heavy (non-hydrogen) atoms. The van der Waals surface area contributed by atoms with E-state index >= 15 is 0 Å². The summed E-state index contributed by atoms with van der Waals surface area (Å²) in [5, 5.41) is 3.21. The van der Waals surface area contributed by atoms with Crippen molar-refractivity contribution in [1.29, 1.82) is 0 Å². The molecule has 0 spiro atoms. The van der Waals surface area contributed by atoms with E-state index in [0.717, 1.165) is 31.6 Å². The second kappa shape index (κ2) is 8.36. The maximum atomic E-state index is 12.6. The van der Waals surface area contributed by atoms with Crippen LogP contribution in [0, 0.1) is 6.92 Å². The molecule has 4 nitrogen and oxygen atoms in total. The molecule has 148 valence electrons. The van der Waals surface area contributed by atoms with Gasteiger partial charge < -0.3 is 10.2 Å². The molecule has 0 aliphatic carbocycles. The van der Waals surface area contributed by atoms with Crippen LogP contribution in [0.25, 0.3) is 0 Å². The molecule has 1 fully saturated rings. The van der Waals surface area contributed by atoms with Gasteiger partial charge in [0.15, 0.2) is 0 Å². The Morgan fingerprint density at radius 2 is 1.93 bits per heavy atom. The molecule has 0 bridgehead atoms. The second-order valence-electron chi connectivity index (χ2n) is 8.29. The smallest absolute Gasteiger partial charge is 0.224 e. The molecule has 0 saturated carbocycles. The number of likely N-dealkylation sites (tertiary alicyclic amines) is 1. The van der Waals surface area contributed by atoms with Crippen LogP contribution in [0.3, 0.4) is 0 Å². The minimum Gasteiger partial charge on any atom is -0.374 e. The predicted octanol–water partition coefficient (Wildman–Crippen LogP) is 3.48. The molecule has 2 aromatic rings. The number of carbonyl (C=O) groups is 1. The zero-order chi connectivity index (χ0) is 19.5. The van der Waals surface area contributed by atoms with Crippen LogP contribution in [0.1, 0.15) is 41.1 Å². The molecule has 2 aromatic carbocycles. The third kappa shape index (κ3) is 4.22. The zero-order valence-electron chi connectivity index (χ0n) is 17.1. The topological polar surface area (TPSA) is 35.6 Å². The van der Waals surface area contributed by atoms with E-state index < -0.39 is 0 Å². The minimum absolute atomic E-state index is 0.107. The lowest BCUT2D eigenvalue weighted by atomic mass is 10.0. The van der Waals surface area contributed by atoms with E-state index in [2.05, 4.69) is 59.4 Å². The fourth-order valence-corrected chi connectivity index (χ4v) is 4.59. The summed E-state index contributed by atoms with van der Waals surface area (Å²) < 4.78 is 0. The van der Waals surface area contributed by atoms with Crippen LogP contribution in [0.15, 0.2) is 42.5 Å². The van der Waals surface area contributed by atoms with Gasteiger partial charge >= 0.3 is 0 Å². The number of nitrogens with zero attached hydrogens (tertiary/aromatic N) is 2. The molecule has 2 heterocycles. The van der Waals surface area contributed by atoms with Crippen LogP contribution in [-0.2, 0) is 17.6 Å². The molecule has 4 heteroatoms. The van der Waals surface area contributed by atoms with Gasteiger partial charge in [0, 0.05) is 25.8 Å². The quantitative estimate of drug-likeness (QED) is 0.837. The predicted molar refractivity (Wildman–Crippen MR) is 115 cm³/mol. The summed E-state index contributed by atoms with van der Waals surface area (Å²) in [6.07, 6.45) is 4.07. The Balaban J connectivity index is 1.45. The maximum absolute atomic E-state index is 12.6. The van der Waals surface area contributed by atoms with Crippen LogP contribution in [0.4, 0.5) is 5.69 Å². The highest BCUT2D eigenvalue weighted by atomic mass is 16.1. The Labute approximate surface area is 168 Å². The van der Waals surface area contributed by atoms with Gasteiger partial charge in [-0.15, -0.1) is 0 Å². The number of fused-ring (bicyclic) bond motifs is 1. The van der Waals surface area contributed by atoms with Crippen LogP contribution < -0.4 is 10.2 Å². The monoisotopic (exact) mass is 377 g/mol. The number of aryl methyl sites for hydroxylation is 1. The summed E-state index contributed by atoms with van der Waals surface area (Å²) >= 11 is 0. The van der Waals surface area contributed by atoms with E-state index in [4.69, 9.17) is 0 Å². The Bertz CT molecular complexity index is 841. The van der Waals surface area contributed by atoms with Gasteiger partial charge in [-0.3, -0.25) is 9.69 Å². The molecule has 0 aromatic heterocycles. The van der Waals surface area contributed by atoms with Gasteiger partial charge in [-0.2, -0.15) is 0 Å². The average Bonchev–Trinajstić information content (AvgIpc) is 3.32. The molecule has 1 N–H and O–H groups in total. The van der Waals surface area contributed by atoms with E-state index in [1.807, 2.05) is 12.1 Å². The Hall–Kier alpha value is -2.33. The van der Waals surface area contributed by atoms with Gasteiger partial charge in [0.1, 0.15) is 0 Å². The molecule has 4 rings (SSSR count). The molecule has 0 unspecified atom stereocenters. The lowest BCUT2D eigenvalue weighted by molar-refractivity contribution is -0.120. The van der Waals surface area contributed by atoms with Gasteiger partial charge in [-0.25, -0.2) is 0 Å². The molecule has 1 amide bonds. The van der Waals surface area contributed by atoms with E-state index in [-0.39, 0.29) is 11.9 Å². The van der Waals surface area contributed by atoms with Crippen molar-refractivity contribution >= 4 is 11.6 Å². The Morgan fingerprint density at radius 1 is 1.11 bits per heavy atom. The summed E-state index contributed by atoms with van der Waals surface area (Å²) in [5.74, 6) is 0.107. The first kappa shape index (κ1) is 19.0. The SMILES string of the molecule is Cc1cccc(CC(=O)NC[C@@H](c2ccc3c(c2)CCN3C)N2CCCC2)c1. The van der Waals surface area contributed by atoms with E-state index in [1.54, 1.807) is 0 Å². The van der Waals surface area contributed by atoms with Crippen molar-refractivity contribution in [2.75, 3.05) is 38.1 Å². The summed E-state index contributed by atoms with van der Waals surface area (Å²) in [6.45, 7) is 6.08. The lowest BCUT2D eigenvalue weighted by Crippen LogP contribution is -2.37. The molecule has 2 aliphatic heterocycles. The number of rotatable bonds is 6. The first-order valence-electron chi connectivity index (χ1n) is 10.5. The van der Waals surface area contributed by atoms with Crippen LogP contribution in [0.2, 0.25) is 0 Å². The van der Waals surface area contributed by atoms with Crippen LogP contribution in [-0.4, -0.2) is 44.0 Å². The molecule has 2 aliphatic rings. The summed E-state index contributed by atoms with van der Waals surface area (Å²) in [6, 6.07) is 15.4. The van der Waals surface area contributed by atoms with E-state index in [1.165, 1.54) is 35.2 Å². The van der Waals surface area contributed by atoms with Gasteiger partial charge in [0.25, 0.3) is 0 Å². The standard InChI is InChI=1S/C24H31N3O/c1-18-6-5-7-19(14-18)15-24(28)25-17-23(27-11-3-4-12-27)20-8-9-22-21(16-20)10-13-26(22)2/h5-9,14,16,23H,3-4,10-13,15,17H2,1-2H3,(H,25,28)/t23-/m0/s1. The highest BCUT2D eigenvalue weighted by Crippen LogP contribution is 2.32. The Morgan fingerprint density at radius 3 is 2.71 bits per heavy atom. The number of carbonyl (C=O) groups excluding carboxylic acids is 1. The van der Waals surface area contributed by atoms with Crippen molar-refractivity contribution in [3.8, 4) is 0 Å². The number of hydrogen-bond donors (Lipinski definition) is 1. The molecule has 0 radical (unpaired) electrons. The van der Waals surface area contributed by atoms with Gasteiger partial charge in [0.05, 0.1) is 12.5 Å². The number of hydrogen-bond acceptors (Lipinski definition) is 3. The van der Waals surface area contributed by atoms with E-state index in [9.17, 15) is 4.79 Å². The van der Waals surface area contributed by atoms with Crippen LogP contribution in [0.5, 0.6) is 0 Å². The summed E-state index contributed by atoms with van der Waals surface area (Å²) in [5.41, 5.74) is 6.41. The number of benzene rings is 2. The molecular weight excluding hydrogens is 346 g/mol. The van der Waals surface area contributed by atoms with Crippen molar-refractivity contribution < 1.29 is 4.79 Å². The maximum Gasteiger partial charge on any atom is 0.224 e. The normalized spacial score (nSPS) is 17.6. The highest BCUT2D eigenvalue weighted by molar-refractivity contribution is 5.78. The number of nitrogens with one attached hydrogen (secondary N) is 1. The van der Waals surface area contributed by atoms with Gasteiger partial charge in [0.2, 0.25) is 5.91 Å². The average molecular weight is 378 g/mol. The first-order chi connectivity index (χ1) is 13.6. The van der Waals surface area contributed by atoms with Gasteiger partial charge in [-0.1, -0.05) is 42.0 Å². The van der Waals surface area contributed by atoms with E-state index in [0.29, 0.717) is 13.0 Å². The van der Waals surface area contributed by atoms with Crippen molar-refractivity contribution in [3.05, 3.63) is 64.7 Å². The molecule has 1 saturated heterocycles. The summed E-state index contributed by atoms with van der Waals surface area (Å²) in [4.78, 5) is 17.4. The number of likely N-dealkylation sites (N-methyl/N-ethyl adjacent to an activating group) is 1. The fourth-order valence-electron chi connectivity index (χ4n) is 4.59.